The second-order valence-corrected chi connectivity index (χ2v) is 3.29. The second-order valence-electron chi connectivity index (χ2n) is 3.29. The lowest BCUT2D eigenvalue weighted by molar-refractivity contribution is -0.145. The molecule has 12 heavy (non-hydrogen) atoms. The summed E-state index contributed by atoms with van der Waals surface area (Å²) in [7, 11) is 0. The van der Waals surface area contributed by atoms with E-state index in [9.17, 15) is 4.79 Å². The zero-order valence-corrected chi connectivity index (χ0v) is 7.08. The molecule has 0 spiro atoms. The highest BCUT2D eigenvalue weighted by molar-refractivity contribution is 5.78. The van der Waals surface area contributed by atoms with Crippen molar-refractivity contribution in [1.82, 2.24) is 10.2 Å². The number of carbonyl (C=O) groups is 1. The van der Waals surface area contributed by atoms with Crippen LogP contribution in [-0.4, -0.2) is 49.7 Å². The number of nitrogens with zero attached hydrogens (tertiary/aromatic N) is 1. The van der Waals surface area contributed by atoms with Gasteiger partial charge in [-0.25, -0.2) is 0 Å². The molecular formula is C8H14N2O2. The Kier molecular flexibility index (Phi) is 2.28. The van der Waals surface area contributed by atoms with E-state index in [0.29, 0.717) is 12.6 Å². The fourth-order valence-corrected chi connectivity index (χ4v) is 1.82. The molecule has 0 radical (unpaired) electrons. The van der Waals surface area contributed by atoms with Gasteiger partial charge >= 0.3 is 0 Å². The van der Waals surface area contributed by atoms with E-state index in [2.05, 4.69) is 5.32 Å². The van der Waals surface area contributed by atoms with Gasteiger partial charge in [-0.05, 0) is 13.0 Å². The van der Waals surface area contributed by atoms with E-state index in [-0.39, 0.29) is 12.5 Å². The Balaban J connectivity index is 1.95. The first-order valence-electron chi connectivity index (χ1n) is 4.46. The lowest BCUT2D eigenvalue weighted by Crippen LogP contribution is -2.48. The lowest BCUT2D eigenvalue weighted by Gasteiger charge is -2.31. The van der Waals surface area contributed by atoms with E-state index in [1.807, 2.05) is 4.90 Å². The Labute approximate surface area is 71.9 Å². The molecule has 0 aliphatic carbocycles. The highest BCUT2D eigenvalue weighted by Gasteiger charge is 2.28. The zero-order valence-electron chi connectivity index (χ0n) is 7.08. The summed E-state index contributed by atoms with van der Waals surface area (Å²) in [6.07, 6.45) is 1.09. The van der Waals surface area contributed by atoms with Crippen molar-refractivity contribution < 1.29 is 9.53 Å². The number of amides is 1. The Morgan fingerprint density at radius 1 is 1.58 bits per heavy atom. The van der Waals surface area contributed by atoms with Gasteiger partial charge < -0.3 is 15.0 Å². The fraction of sp³-hybridized carbons (Fsp3) is 0.875. The van der Waals surface area contributed by atoms with Crippen LogP contribution in [0.25, 0.3) is 0 Å². The monoisotopic (exact) mass is 170 g/mol. The van der Waals surface area contributed by atoms with Crippen LogP contribution in [-0.2, 0) is 9.53 Å². The van der Waals surface area contributed by atoms with Crippen molar-refractivity contribution in [3.05, 3.63) is 0 Å². The molecule has 1 N–H and O–H groups in total. The molecule has 0 aromatic heterocycles. The van der Waals surface area contributed by atoms with Crippen LogP contribution in [0, 0.1) is 0 Å². The highest BCUT2D eigenvalue weighted by Crippen LogP contribution is 2.11. The summed E-state index contributed by atoms with van der Waals surface area (Å²) in [5.74, 6) is 0.148. The first-order valence-corrected chi connectivity index (χ1v) is 4.46. The van der Waals surface area contributed by atoms with Gasteiger partial charge in [0.2, 0.25) is 5.91 Å². The fourth-order valence-electron chi connectivity index (χ4n) is 1.82. The predicted octanol–water partition coefficient (Wildman–Crippen LogP) is -0.793. The minimum absolute atomic E-state index is 0.148. The predicted molar refractivity (Wildman–Crippen MR) is 43.8 cm³/mol. The van der Waals surface area contributed by atoms with Gasteiger partial charge in [-0.2, -0.15) is 0 Å². The van der Waals surface area contributed by atoms with Crippen LogP contribution < -0.4 is 5.32 Å². The third-order valence-corrected chi connectivity index (χ3v) is 2.50. The molecule has 0 unspecified atom stereocenters. The number of hydrogen-bond acceptors (Lipinski definition) is 3. The quantitative estimate of drug-likeness (QED) is 0.560. The minimum atomic E-state index is 0.148. The van der Waals surface area contributed by atoms with Gasteiger partial charge in [0.25, 0.3) is 0 Å². The van der Waals surface area contributed by atoms with Crippen LogP contribution in [0.15, 0.2) is 0 Å². The Morgan fingerprint density at radius 3 is 3.17 bits per heavy atom. The molecule has 0 aromatic rings. The molecule has 4 heteroatoms. The topological polar surface area (TPSA) is 41.6 Å². The molecule has 4 nitrogen and oxygen atoms in total. The average molecular weight is 170 g/mol. The van der Waals surface area contributed by atoms with Gasteiger partial charge in [-0.15, -0.1) is 0 Å². The third-order valence-electron chi connectivity index (χ3n) is 2.50. The van der Waals surface area contributed by atoms with Crippen molar-refractivity contribution in [2.75, 3.05) is 32.8 Å². The summed E-state index contributed by atoms with van der Waals surface area (Å²) in [5.41, 5.74) is 0. The number of ether oxygens (including phenoxy) is 1. The van der Waals surface area contributed by atoms with E-state index in [4.69, 9.17) is 4.74 Å². The summed E-state index contributed by atoms with van der Waals surface area (Å²) in [4.78, 5) is 13.3. The molecule has 1 atom stereocenters. The van der Waals surface area contributed by atoms with Gasteiger partial charge in [0.15, 0.2) is 0 Å². The van der Waals surface area contributed by atoms with E-state index in [1.54, 1.807) is 0 Å². The van der Waals surface area contributed by atoms with Crippen molar-refractivity contribution in [1.29, 1.82) is 0 Å². The maximum atomic E-state index is 11.4. The molecule has 2 saturated heterocycles. The summed E-state index contributed by atoms with van der Waals surface area (Å²) >= 11 is 0. The zero-order chi connectivity index (χ0) is 8.39. The van der Waals surface area contributed by atoms with E-state index >= 15 is 0 Å². The Morgan fingerprint density at radius 2 is 2.50 bits per heavy atom. The number of hydrogen-bond donors (Lipinski definition) is 1. The minimum Gasteiger partial charge on any atom is -0.370 e. The lowest BCUT2D eigenvalue weighted by atomic mass is 10.2. The molecule has 2 rings (SSSR count). The summed E-state index contributed by atoms with van der Waals surface area (Å²) in [6, 6.07) is 0.418. The Bertz CT molecular complexity index is 178. The first kappa shape index (κ1) is 8.01. The summed E-state index contributed by atoms with van der Waals surface area (Å²) < 4.78 is 5.06. The van der Waals surface area contributed by atoms with Gasteiger partial charge in [0, 0.05) is 19.1 Å². The van der Waals surface area contributed by atoms with E-state index < -0.39 is 0 Å². The van der Waals surface area contributed by atoms with Gasteiger partial charge in [-0.3, -0.25) is 4.79 Å². The average Bonchev–Trinajstić information content (AvgIpc) is 2.57. The Hall–Kier alpha value is -0.610. The first-order chi connectivity index (χ1) is 5.88. The molecule has 2 aliphatic rings. The maximum absolute atomic E-state index is 11.4. The van der Waals surface area contributed by atoms with Gasteiger partial charge in [0.05, 0.1) is 6.61 Å². The molecule has 2 heterocycles. The van der Waals surface area contributed by atoms with Crippen LogP contribution >= 0.6 is 0 Å². The number of rotatable bonds is 1. The molecule has 0 bridgehead atoms. The third kappa shape index (κ3) is 1.44. The molecule has 2 fully saturated rings. The van der Waals surface area contributed by atoms with Crippen LogP contribution in [0.3, 0.4) is 0 Å². The number of carbonyl (C=O) groups excluding carboxylic acids is 1. The molecule has 0 saturated carbocycles. The van der Waals surface area contributed by atoms with Crippen molar-refractivity contribution >= 4 is 5.91 Å². The second kappa shape index (κ2) is 3.41. The van der Waals surface area contributed by atoms with Crippen molar-refractivity contribution in [3.63, 3.8) is 0 Å². The van der Waals surface area contributed by atoms with Crippen molar-refractivity contribution in [2.24, 2.45) is 0 Å². The standard InChI is InChI=1S/C8H14N2O2/c11-8-6-12-4-3-10(8)7-1-2-9-5-7/h7,9H,1-6H2/t7-/m0/s1. The summed E-state index contributed by atoms with van der Waals surface area (Å²) in [5, 5.41) is 3.26. The van der Waals surface area contributed by atoms with Gasteiger partial charge in [-0.1, -0.05) is 0 Å². The normalized spacial score (nSPS) is 31.2. The van der Waals surface area contributed by atoms with Crippen LogP contribution in [0.1, 0.15) is 6.42 Å². The van der Waals surface area contributed by atoms with E-state index in [1.165, 1.54) is 0 Å². The smallest absolute Gasteiger partial charge is 0.248 e. The SMILES string of the molecule is O=C1COCCN1[C@H]1CCNC1. The molecule has 0 aromatic carbocycles. The largest absolute Gasteiger partial charge is 0.370 e. The van der Waals surface area contributed by atoms with Crippen LogP contribution in [0.2, 0.25) is 0 Å². The van der Waals surface area contributed by atoms with Crippen LogP contribution in [0.4, 0.5) is 0 Å². The molecule has 2 aliphatic heterocycles. The van der Waals surface area contributed by atoms with Crippen LogP contribution in [0.5, 0.6) is 0 Å². The molecule has 68 valence electrons. The maximum Gasteiger partial charge on any atom is 0.248 e. The van der Waals surface area contributed by atoms with Crippen molar-refractivity contribution in [3.8, 4) is 0 Å². The van der Waals surface area contributed by atoms with Gasteiger partial charge in [0.1, 0.15) is 6.61 Å². The highest BCUT2D eigenvalue weighted by atomic mass is 16.5. The molecule has 1 amide bonds. The van der Waals surface area contributed by atoms with E-state index in [0.717, 1.165) is 26.1 Å². The number of nitrogens with one attached hydrogen (secondary N) is 1. The van der Waals surface area contributed by atoms with Crippen molar-refractivity contribution in [2.45, 2.75) is 12.5 Å². The molecular weight excluding hydrogens is 156 g/mol. The summed E-state index contributed by atoms with van der Waals surface area (Å²) in [6.45, 7) is 3.73. The number of morpholine rings is 1.